The minimum absolute atomic E-state index is 0.000678. The van der Waals surface area contributed by atoms with Crippen LogP contribution in [0.4, 0.5) is 0 Å². The zero-order chi connectivity index (χ0) is 19.5. The molecule has 0 unspecified atom stereocenters. The Morgan fingerprint density at radius 3 is 2.33 bits per heavy atom. The molecule has 0 amide bonds. The van der Waals surface area contributed by atoms with Crippen LogP contribution in [0.1, 0.15) is 40.1 Å². The highest BCUT2D eigenvalue weighted by Gasteiger charge is 2.51. The van der Waals surface area contributed by atoms with Gasteiger partial charge in [-0.15, -0.1) is 0 Å². The van der Waals surface area contributed by atoms with E-state index in [0.717, 1.165) is 4.68 Å². The molecule has 7 heteroatoms. The van der Waals surface area contributed by atoms with Gasteiger partial charge in [0.05, 0.1) is 20.1 Å². The first-order valence-corrected chi connectivity index (χ1v) is 6.58. The standard InChI is InChI=1S/C14H19BN4O2/c1-10-6-18-19(9-10)12-16-7-11(8-17-12)15-20-13(2,3)14(4,5)21-15/h6-9H,1-5H3/i1D3,6D,9D. The van der Waals surface area contributed by atoms with Crippen molar-refractivity contribution < 1.29 is 16.2 Å². The van der Waals surface area contributed by atoms with E-state index in [-0.39, 0.29) is 5.95 Å². The molecule has 1 fully saturated rings. The van der Waals surface area contributed by atoms with Gasteiger partial charge in [0.15, 0.2) is 0 Å². The van der Waals surface area contributed by atoms with Gasteiger partial charge in [-0.2, -0.15) is 5.10 Å². The van der Waals surface area contributed by atoms with Gasteiger partial charge < -0.3 is 9.31 Å². The van der Waals surface area contributed by atoms with Crippen LogP contribution >= 0.6 is 0 Å². The van der Waals surface area contributed by atoms with Crippen LogP contribution in [0.15, 0.2) is 24.7 Å². The van der Waals surface area contributed by atoms with E-state index in [4.69, 9.17) is 16.2 Å². The Kier molecular flexibility index (Phi) is 2.06. The Balaban J connectivity index is 1.90. The van der Waals surface area contributed by atoms with Gasteiger partial charge in [0.25, 0.3) is 0 Å². The molecule has 6 nitrogen and oxygen atoms in total. The second-order valence-electron chi connectivity index (χ2n) is 5.92. The third-order valence-electron chi connectivity index (χ3n) is 3.85. The average Bonchev–Trinajstić information content (AvgIpc) is 2.91. The molecule has 0 saturated carbocycles. The Morgan fingerprint density at radius 2 is 1.81 bits per heavy atom. The van der Waals surface area contributed by atoms with E-state index < -0.39 is 43.1 Å². The molecule has 1 saturated heterocycles. The maximum Gasteiger partial charge on any atom is 0.498 e. The predicted octanol–water partition coefficient (Wildman–Crippen LogP) is 1.27. The minimum Gasteiger partial charge on any atom is -0.399 e. The first-order valence-electron chi connectivity index (χ1n) is 9.08. The highest BCUT2D eigenvalue weighted by Crippen LogP contribution is 2.36. The molecule has 0 bridgehead atoms. The highest BCUT2D eigenvalue weighted by atomic mass is 16.7. The van der Waals surface area contributed by atoms with Crippen LogP contribution in [0.2, 0.25) is 0 Å². The lowest BCUT2D eigenvalue weighted by atomic mass is 9.81. The molecule has 1 aliphatic heterocycles. The van der Waals surface area contributed by atoms with E-state index in [9.17, 15) is 0 Å². The van der Waals surface area contributed by atoms with Crippen LogP contribution in [0, 0.1) is 6.85 Å². The quantitative estimate of drug-likeness (QED) is 0.780. The maximum atomic E-state index is 7.98. The van der Waals surface area contributed by atoms with Gasteiger partial charge in [0.1, 0.15) is 0 Å². The fraction of sp³-hybridized carbons (Fsp3) is 0.500. The minimum atomic E-state index is -2.60. The zero-order valence-electron chi connectivity index (χ0n) is 17.3. The summed E-state index contributed by atoms with van der Waals surface area (Å²) >= 11 is 0. The lowest BCUT2D eigenvalue weighted by molar-refractivity contribution is 0.00578. The molecule has 3 heterocycles. The largest absolute Gasteiger partial charge is 0.498 e. The molecule has 0 radical (unpaired) electrons. The molecule has 0 atom stereocenters. The molecule has 0 spiro atoms. The van der Waals surface area contributed by atoms with Gasteiger partial charge in [0.2, 0.25) is 5.95 Å². The van der Waals surface area contributed by atoms with Gasteiger partial charge in [-0.05, 0) is 40.1 Å². The summed E-state index contributed by atoms with van der Waals surface area (Å²) in [4.78, 5) is 8.26. The van der Waals surface area contributed by atoms with E-state index in [0.29, 0.717) is 5.46 Å². The van der Waals surface area contributed by atoms with Crippen LogP contribution in [0.5, 0.6) is 0 Å². The fourth-order valence-corrected chi connectivity index (χ4v) is 1.89. The Morgan fingerprint density at radius 1 is 1.19 bits per heavy atom. The summed E-state index contributed by atoms with van der Waals surface area (Å²) in [5, 5.41) is 3.77. The highest BCUT2D eigenvalue weighted by molar-refractivity contribution is 6.61. The topological polar surface area (TPSA) is 62.1 Å². The molecule has 0 aromatic carbocycles. The van der Waals surface area contributed by atoms with Crippen LogP contribution in [0.3, 0.4) is 0 Å². The first kappa shape index (κ1) is 9.32. The monoisotopic (exact) mass is 291 g/mol. The van der Waals surface area contributed by atoms with Crippen molar-refractivity contribution in [3.05, 3.63) is 30.3 Å². The van der Waals surface area contributed by atoms with Crippen molar-refractivity contribution in [1.29, 1.82) is 0 Å². The third kappa shape index (κ3) is 2.47. The van der Waals surface area contributed by atoms with Crippen LogP contribution in [0.25, 0.3) is 5.95 Å². The maximum absolute atomic E-state index is 7.98. The number of hydrogen-bond donors (Lipinski definition) is 0. The van der Waals surface area contributed by atoms with Crippen molar-refractivity contribution in [2.24, 2.45) is 0 Å². The molecule has 110 valence electrons. The van der Waals surface area contributed by atoms with Crippen LogP contribution in [-0.4, -0.2) is 38.1 Å². The van der Waals surface area contributed by atoms with E-state index in [1.54, 1.807) is 0 Å². The van der Waals surface area contributed by atoms with Gasteiger partial charge >= 0.3 is 7.12 Å². The summed E-state index contributed by atoms with van der Waals surface area (Å²) in [5.74, 6) is -0.000678. The summed E-state index contributed by atoms with van der Waals surface area (Å²) in [5.41, 5.74) is -0.840. The van der Waals surface area contributed by atoms with Crippen molar-refractivity contribution in [2.75, 3.05) is 0 Å². The summed E-state index contributed by atoms with van der Waals surface area (Å²) in [6.45, 7) is 5.14. The van der Waals surface area contributed by atoms with Gasteiger partial charge in [-0.25, -0.2) is 14.6 Å². The van der Waals surface area contributed by atoms with Crippen LogP contribution < -0.4 is 5.46 Å². The number of rotatable bonds is 2. The van der Waals surface area contributed by atoms with Crippen molar-refractivity contribution >= 4 is 12.6 Å². The van der Waals surface area contributed by atoms with Crippen molar-refractivity contribution in [1.82, 2.24) is 19.7 Å². The van der Waals surface area contributed by atoms with E-state index in [1.165, 1.54) is 12.4 Å². The summed E-state index contributed by atoms with van der Waals surface area (Å²) in [7, 11) is -0.633. The molecule has 0 N–H and O–H groups in total. The molecule has 3 rings (SSSR count). The van der Waals surface area contributed by atoms with E-state index >= 15 is 0 Å². The summed E-state index contributed by atoms with van der Waals surface area (Å²) in [6, 6.07) is 0. The fourth-order valence-electron chi connectivity index (χ4n) is 1.89. The molecule has 2 aromatic heterocycles. The Bertz CT molecular complexity index is 819. The SMILES string of the molecule is [2H]c1nn(-c2ncc(B3OC(C)(C)C(C)(C)O3)cn2)c([2H])c1C([2H])([2H])[2H]. The molecule has 1 aliphatic rings. The van der Waals surface area contributed by atoms with Gasteiger partial charge in [-0.3, -0.25) is 0 Å². The average molecular weight is 291 g/mol. The molecule has 2 aromatic rings. The number of hydrogen-bond acceptors (Lipinski definition) is 5. The second kappa shape index (κ2) is 4.64. The first-order chi connectivity index (χ1) is 11.8. The van der Waals surface area contributed by atoms with Crippen LogP contribution in [-0.2, 0) is 9.31 Å². The van der Waals surface area contributed by atoms with Gasteiger partial charge in [-0.1, -0.05) is 0 Å². The molecule has 0 aliphatic carbocycles. The Hall–Kier alpha value is -1.73. The normalized spacial score (nSPS) is 24.0. The Labute approximate surface area is 131 Å². The summed E-state index contributed by atoms with van der Waals surface area (Å²) in [6.07, 6.45) is 2.03. The molecular weight excluding hydrogens is 267 g/mol. The second-order valence-corrected chi connectivity index (χ2v) is 5.92. The lowest BCUT2D eigenvalue weighted by Crippen LogP contribution is -2.41. The zero-order valence-corrected chi connectivity index (χ0v) is 12.3. The molecular formula is C14H19BN4O2. The van der Waals surface area contributed by atoms with Crippen molar-refractivity contribution in [3.8, 4) is 5.95 Å². The predicted molar refractivity (Wildman–Crippen MR) is 79.6 cm³/mol. The third-order valence-corrected chi connectivity index (χ3v) is 3.85. The van der Waals surface area contributed by atoms with Crippen molar-refractivity contribution in [2.45, 2.75) is 45.7 Å². The smallest absolute Gasteiger partial charge is 0.399 e. The molecule has 21 heavy (non-hydrogen) atoms. The number of aromatic nitrogens is 4. The van der Waals surface area contributed by atoms with E-state index in [2.05, 4.69) is 15.1 Å². The van der Waals surface area contributed by atoms with Crippen molar-refractivity contribution in [3.63, 3.8) is 0 Å². The van der Waals surface area contributed by atoms with E-state index in [1.807, 2.05) is 27.7 Å². The van der Waals surface area contributed by atoms with Gasteiger partial charge in [0, 0.05) is 28.1 Å². The lowest BCUT2D eigenvalue weighted by Gasteiger charge is -2.32. The summed E-state index contributed by atoms with van der Waals surface area (Å²) < 4.78 is 50.7. The number of nitrogens with zero attached hydrogens (tertiary/aromatic N) is 4.